The first-order chi connectivity index (χ1) is 13.2. The van der Waals surface area contributed by atoms with Crippen LogP contribution in [-0.2, 0) is 17.8 Å². The minimum atomic E-state index is -0.683. The third kappa shape index (κ3) is 4.37. The Morgan fingerprint density at radius 3 is 2.30 bits per heavy atom. The Labute approximate surface area is 159 Å². The third-order valence-electron chi connectivity index (χ3n) is 5.19. The second-order valence-electron chi connectivity index (χ2n) is 7.24. The summed E-state index contributed by atoms with van der Waals surface area (Å²) in [4.78, 5) is 11.0. The zero-order valence-corrected chi connectivity index (χ0v) is 15.1. The Kier molecular flexibility index (Phi) is 4.93. The van der Waals surface area contributed by atoms with Crippen molar-refractivity contribution in [1.82, 2.24) is 0 Å². The van der Waals surface area contributed by atoms with E-state index in [0.29, 0.717) is 0 Å². The van der Waals surface area contributed by atoms with Crippen molar-refractivity contribution in [2.24, 2.45) is 5.92 Å². The molecule has 3 heteroatoms. The van der Waals surface area contributed by atoms with Gasteiger partial charge in [0.25, 0.3) is 0 Å². The molecule has 0 unspecified atom stereocenters. The smallest absolute Gasteiger partial charge is 0.307 e. The molecule has 27 heavy (non-hydrogen) atoms. The van der Waals surface area contributed by atoms with Gasteiger partial charge in [-0.2, -0.15) is 0 Å². The Morgan fingerprint density at radius 1 is 0.889 bits per heavy atom. The lowest BCUT2D eigenvalue weighted by Gasteiger charge is -2.09. The number of carboxylic acids is 1. The fraction of sp³-hybridized carbons (Fsp3) is 0.208. The zero-order chi connectivity index (χ0) is 18.6. The van der Waals surface area contributed by atoms with Crippen molar-refractivity contribution in [2.45, 2.75) is 25.3 Å². The van der Waals surface area contributed by atoms with E-state index in [1.165, 1.54) is 16.7 Å². The van der Waals surface area contributed by atoms with Gasteiger partial charge in [0.05, 0.1) is 5.92 Å². The molecular weight excluding hydrogens is 334 g/mol. The molecule has 1 saturated carbocycles. The normalized spacial score (nSPS) is 18.1. The minimum Gasteiger partial charge on any atom is -0.481 e. The largest absolute Gasteiger partial charge is 0.481 e. The molecule has 1 fully saturated rings. The van der Waals surface area contributed by atoms with E-state index in [9.17, 15) is 4.79 Å². The van der Waals surface area contributed by atoms with E-state index in [-0.39, 0.29) is 11.8 Å². The maximum Gasteiger partial charge on any atom is 0.307 e. The molecule has 1 aliphatic carbocycles. The summed E-state index contributed by atoms with van der Waals surface area (Å²) in [6, 6.07) is 27.3. The molecule has 4 rings (SSSR count). The number of carbonyl (C=O) groups is 1. The van der Waals surface area contributed by atoms with Crippen molar-refractivity contribution in [3.63, 3.8) is 0 Å². The minimum absolute atomic E-state index is 0.186. The second kappa shape index (κ2) is 7.67. The Morgan fingerprint density at radius 2 is 1.59 bits per heavy atom. The SMILES string of the molecule is O=C(O)[C@H]1C[C@@H]1c1ccc(NCc2cccc(Cc3ccccc3)c2)cc1. The van der Waals surface area contributed by atoms with Gasteiger partial charge in [-0.3, -0.25) is 4.79 Å². The Hall–Kier alpha value is -3.07. The maximum atomic E-state index is 11.0. The van der Waals surface area contributed by atoms with Crippen LogP contribution in [0.3, 0.4) is 0 Å². The van der Waals surface area contributed by atoms with E-state index in [1.807, 2.05) is 30.3 Å². The van der Waals surface area contributed by atoms with Gasteiger partial charge in [-0.15, -0.1) is 0 Å². The molecule has 0 aliphatic heterocycles. The van der Waals surface area contributed by atoms with Crippen LogP contribution in [0.1, 0.15) is 34.6 Å². The standard InChI is InChI=1S/C24H23NO2/c26-24(27)23-15-22(23)20-9-11-21(12-10-20)25-16-19-8-4-7-18(14-19)13-17-5-2-1-3-6-17/h1-12,14,22-23,25H,13,15-16H2,(H,26,27)/t22-,23+/m1/s1. The summed E-state index contributed by atoms with van der Waals surface area (Å²) in [5, 5.41) is 12.5. The molecule has 0 bridgehead atoms. The molecule has 2 atom stereocenters. The summed E-state index contributed by atoms with van der Waals surface area (Å²) in [5.74, 6) is -0.694. The van der Waals surface area contributed by atoms with Crippen LogP contribution in [0.25, 0.3) is 0 Å². The number of carboxylic acid groups (broad SMARTS) is 1. The number of hydrogen-bond acceptors (Lipinski definition) is 2. The van der Waals surface area contributed by atoms with Crippen molar-refractivity contribution >= 4 is 11.7 Å². The quantitative estimate of drug-likeness (QED) is 0.620. The third-order valence-corrected chi connectivity index (χ3v) is 5.19. The number of rotatable bonds is 7. The maximum absolute atomic E-state index is 11.0. The monoisotopic (exact) mass is 357 g/mol. The first-order valence-corrected chi connectivity index (χ1v) is 9.37. The number of benzene rings is 3. The fourth-order valence-electron chi connectivity index (χ4n) is 3.57. The molecule has 0 saturated heterocycles. The molecule has 136 valence electrons. The first-order valence-electron chi connectivity index (χ1n) is 9.37. The Bertz CT molecular complexity index is 919. The molecular formula is C24H23NO2. The average molecular weight is 357 g/mol. The van der Waals surface area contributed by atoms with Crippen LogP contribution >= 0.6 is 0 Å². The van der Waals surface area contributed by atoms with Crippen LogP contribution in [0.4, 0.5) is 5.69 Å². The molecule has 0 radical (unpaired) electrons. The van der Waals surface area contributed by atoms with E-state index in [2.05, 4.69) is 53.8 Å². The molecule has 0 aromatic heterocycles. The predicted molar refractivity (Wildman–Crippen MR) is 108 cm³/mol. The first kappa shape index (κ1) is 17.3. The number of aliphatic carboxylic acids is 1. The van der Waals surface area contributed by atoms with Gasteiger partial charge >= 0.3 is 5.97 Å². The summed E-state index contributed by atoms with van der Waals surface area (Å²) in [5.41, 5.74) is 6.06. The highest BCUT2D eigenvalue weighted by Gasteiger charge is 2.43. The predicted octanol–water partition coefficient (Wildman–Crippen LogP) is 5.08. The van der Waals surface area contributed by atoms with E-state index in [4.69, 9.17) is 5.11 Å². The summed E-state index contributed by atoms with van der Waals surface area (Å²) < 4.78 is 0. The van der Waals surface area contributed by atoms with Gasteiger partial charge in [-0.1, -0.05) is 66.7 Å². The van der Waals surface area contributed by atoms with Crippen molar-refractivity contribution < 1.29 is 9.90 Å². The number of anilines is 1. The molecule has 3 aromatic carbocycles. The van der Waals surface area contributed by atoms with Crippen LogP contribution in [0.5, 0.6) is 0 Å². The van der Waals surface area contributed by atoms with Gasteiger partial charge in [-0.25, -0.2) is 0 Å². The van der Waals surface area contributed by atoms with Gasteiger partial charge in [-0.05, 0) is 53.1 Å². The highest BCUT2D eigenvalue weighted by atomic mass is 16.4. The lowest BCUT2D eigenvalue weighted by atomic mass is 10.0. The van der Waals surface area contributed by atoms with Gasteiger partial charge in [0, 0.05) is 12.2 Å². The summed E-state index contributed by atoms with van der Waals surface area (Å²) in [6.45, 7) is 0.767. The zero-order valence-electron chi connectivity index (χ0n) is 15.1. The van der Waals surface area contributed by atoms with Crippen LogP contribution in [0.2, 0.25) is 0 Å². The average Bonchev–Trinajstić information content (AvgIpc) is 3.49. The molecule has 3 nitrogen and oxygen atoms in total. The van der Waals surface area contributed by atoms with Gasteiger partial charge < -0.3 is 10.4 Å². The van der Waals surface area contributed by atoms with Crippen LogP contribution in [0, 0.1) is 5.92 Å². The molecule has 3 aromatic rings. The van der Waals surface area contributed by atoms with Gasteiger partial charge in [0.2, 0.25) is 0 Å². The molecule has 0 amide bonds. The summed E-state index contributed by atoms with van der Waals surface area (Å²) in [7, 11) is 0. The van der Waals surface area contributed by atoms with Crippen LogP contribution in [0.15, 0.2) is 78.9 Å². The fourth-order valence-corrected chi connectivity index (χ4v) is 3.57. The van der Waals surface area contributed by atoms with Crippen molar-refractivity contribution in [2.75, 3.05) is 5.32 Å². The number of nitrogens with one attached hydrogen (secondary N) is 1. The van der Waals surface area contributed by atoms with Gasteiger partial charge in [0.1, 0.15) is 0 Å². The van der Waals surface area contributed by atoms with E-state index in [0.717, 1.165) is 30.6 Å². The molecule has 0 spiro atoms. The Balaban J connectivity index is 1.35. The molecule has 1 aliphatic rings. The second-order valence-corrected chi connectivity index (χ2v) is 7.24. The van der Waals surface area contributed by atoms with E-state index < -0.39 is 5.97 Å². The van der Waals surface area contributed by atoms with Crippen molar-refractivity contribution in [3.8, 4) is 0 Å². The van der Waals surface area contributed by atoms with Crippen LogP contribution in [-0.4, -0.2) is 11.1 Å². The highest BCUT2D eigenvalue weighted by molar-refractivity contribution is 5.75. The lowest BCUT2D eigenvalue weighted by Crippen LogP contribution is -2.01. The van der Waals surface area contributed by atoms with E-state index in [1.54, 1.807) is 0 Å². The van der Waals surface area contributed by atoms with Gasteiger partial charge in [0.15, 0.2) is 0 Å². The van der Waals surface area contributed by atoms with E-state index >= 15 is 0 Å². The van der Waals surface area contributed by atoms with Crippen LogP contribution < -0.4 is 5.32 Å². The number of hydrogen-bond donors (Lipinski definition) is 2. The topological polar surface area (TPSA) is 49.3 Å². The summed E-state index contributed by atoms with van der Waals surface area (Å²) >= 11 is 0. The highest BCUT2D eigenvalue weighted by Crippen LogP contribution is 2.47. The molecule has 0 heterocycles. The van der Waals surface area contributed by atoms with Crippen molar-refractivity contribution in [1.29, 1.82) is 0 Å². The van der Waals surface area contributed by atoms with Crippen molar-refractivity contribution in [3.05, 3.63) is 101 Å². The summed E-state index contributed by atoms with van der Waals surface area (Å²) in [6.07, 6.45) is 1.70. The molecule has 2 N–H and O–H groups in total. The lowest BCUT2D eigenvalue weighted by molar-refractivity contribution is -0.138.